The Morgan fingerprint density at radius 3 is 2.64 bits per heavy atom. The summed E-state index contributed by atoms with van der Waals surface area (Å²) in [7, 11) is 0. The van der Waals surface area contributed by atoms with Gasteiger partial charge in [0, 0.05) is 0 Å². The zero-order chi connectivity index (χ0) is 18.4. The van der Waals surface area contributed by atoms with E-state index in [4.69, 9.17) is 39.5 Å². The lowest BCUT2D eigenvalue weighted by atomic mass is 10.3. The van der Waals surface area contributed by atoms with Gasteiger partial charge < -0.3 is 10.1 Å². The molecule has 0 aliphatic carbocycles. The number of anilines is 1. The first-order chi connectivity index (χ1) is 12.0. The predicted molar refractivity (Wildman–Crippen MR) is 96.1 cm³/mol. The van der Waals surface area contributed by atoms with E-state index in [9.17, 15) is 10.1 Å². The van der Waals surface area contributed by atoms with Gasteiger partial charge in [-0.05, 0) is 19.1 Å². The summed E-state index contributed by atoms with van der Waals surface area (Å²) in [5.41, 5.74) is -0.108. The first-order valence-electron chi connectivity index (χ1n) is 6.89. The molecule has 0 aliphatic rings. The SMILES string of the molecule is CCOc1ccccc1NC(=C(C(Cl)=C(Cl)Cl)[N+](=O)[O-])n1cncn1. The van der Waals surface area contributed by atoms with Gasteiger partial charge in [0.2, 0.25) is 5.82 Å². The Balaban J connectivity index is 2.64. The van der Waals surface area contributed by atoms with Crippen LogP contribution in [-0.4, -0.2) is 26.3 Å². The van der Waals surface area contributed by atoms with Crippen LogP contribution in [0.3, 0.4) is 0 Å². The van der Waals surface area contributed by atoms with Gasteiger partial charge in [-0.2, -0.15) is 9.78 Å². The van der Waals surface area contributed by atoms with Crippen LogP contribution in [0.5, 0.6) is 5.75 Å². The summed E-state index contributed by atoms with van der Waals surface area (Å²) < 4.78 is 6.19. The van der Waals surface area contributed by atoms with Gasteiger partial charge in [0.1, 0.15) is 22.9 Å². The molecule has 2 rings (SSSR count). The van der Waals surface area contributed by atoms with Crippen LogP contribution in [0, 0.1) is 10.1 Å². The zero-order valence-electron chi connectivity index (χ0n) is 12.8. The average molecular weight is 405 g/mol. The lowest BCUT2D eigenvalue weighted by molar-refractivity contribution is -0.419. The molecular formula is C14H12Cl3N5O3. The number of para-hydroxylation sites is 2. The molecule has 25 heavy (non-hydrogen) atoms. The number of aromatic nitrogens is 3. The molecule has 8 nitrogen and oxygen atoms in total. The average Bonchev–Trinajstić information content (AvgIpc) is 3.09. The van der Waals surface area contributed by atoms with Crippen LogP contribution in [0.1, 0.15) is 6.92 Å². The summed E-state index contributed by atoms with van der Waals surface area (Å²) >= 11 is 17.2. The van der Waals surface area contributed by atoms with Crippen molar-refractivity contribution in [3.05, 3.63) is 62.3 Å². The molecule has 11 heteroatoms. The number of nitrogens with one attached hydrogen (secondary N) is 1. The Kier molecular flexibility index (Phi) is 6.63. The second-order valence-corrected chi connectivity index (χ2v) is 5.75. The second kappa shape index (κ2) is 8.70. The highest BCUT2D eigenvalue weighted by Gasteiger charge is 2.28. The van der Waals surface area contributed by atoms with E-state index in [1.54, 1.807) is 24.3 Å². The van der Waals surface area contributed by atoms with Crippen molar-refractivity contribution in [2.45, 2.75) is 6.92 Å². The lowest BCUT2D eigenvalue weighted by Gasteiger charge is -2.15. The van der Waals surface area contributed by atoms with Crippen molar-refractivity contribution in [3.63, 3.8) is 0 Å². The van der Waals surface area contributed by atoms with Crippen molar-refractivity contribution in [3.8, 4) is 5.75 Å². The fourth-order valence-corrected chi connectivity index (χ4v) is 2.23. The van der Waals surface area contributed by atoms with Crippen molar-refractivity contribution in [2.75, 3.05) is 11.9 Å². The van der Waals surface area contributed by atoms with Crippen molar-refractivity contribution >= 4 is 46.3 Å². The molecule has 0 unspecified atom stereocenters. The van der Waals surface area contributed by atoms with E-state index in [2.05, 4.69) is 15.4 Å². The minimum Gasteiger partial charge on any atom is -0.492 e. The molecule has 1 aromatic heterocycles. The van der Waals surface area contributed by atoms with Crippen LogP contribution in [0.15, 0.2) is 52.1 Å². The topological polar surface area (TPSA) is 95.1 Å². The third-order valence-corrected chi connectivity index (χ3v) is 3.81. The Labute approximate surface area is 157 Å². The number of hydrogen-bond acceptors (Lipinski definition) is 6. The van der Waals surface area contributed by atoms with Gasteiger partial charge in [-0.3, -0.25) is 10.1 Å². The van der Waals surface area contributed by atoms with Gasteiger partial charge in [0.05, 0.1) is 17.2 Å². The van der Waals surface area contributed by atoms with Crippen LogP contribution >= 0.6 is 34.8 Å². The monoisotopic (exact) mass is 403 g/mol. The van der Waals surface area contributed by atoms with E-state index < -0.39 is 20.1 Å². The minimum atomic E-state index is -0.722. The highest BCUT2D eigenvalue weighted by atomic mass is 35.5. The Morgan fingerprint density at radius 2 is 2.08 bits per heavy atom. The van der Waals surface area contributed by atoms with Gasteiger partial charge >= 0.3 is 5.70 Å². The number of ether oxygens (including phenoxy) is 1. The van der Waals surface area contributed by atoms with E-state index in [-0.39, 0.29) is 5.82 Å². The van der Waals surface area contributed by atoms with Crippen LogP contribution in [0.25, 0.3) is 5.82 Å². The largest absolute Gasteiger partial charge is 0.492 e. The molecular weight excluding hydrogens is 393 g/mol. The molecule has 132 valence electrons. The van der Waals surface area contributed by atoms with Crippen LogP contribution in [-0.2, 0) is 0 Å². The number of allylic oxidation sites excluding steroid dienone is 1. The maximum Gasteiger partial charge on any atom is 0.332 e. The van der Waals surface area contributed by atoms with Crippen molar-refractivity contribution < 1.29 is 9.66 Å². The summed E-state index contributed by atoms with van der Waals surface area (Å²) in [5.74, 6) is 0.390. The van der Waals surface area contributed by atoms with Gasteiger partial charge in [-0.25, -0.2) is 4.98 Å². The fourth-order valence-electron chi connectivity index (χ4n) is 1.89. The molecule has 1 N–H and O–H groups in total. The smallest absolute Gasteiger partial charge is 0.332 e. The fraction of sp³-hybridized carbons (Fsp3) is 0.143. The molecule has 1 aromatic carbocycles. The number of benzene rings is 1. The highest BCUT2D eigenvalue weighted by molar-refractivity contribution is 6.59. The third-order valence-electron chi connectivity index (χ3n) is 2.87. The molecule has 1 heterocycles. The van der Waals surface area contributed by atoms with E-state index in [0.29, 0.717) is 18.0 Å². The number of halogens is 3. The molecule has 0 aliphatic heterocycles. The summed E-state index contributed by atoms with van der Waals surface area (Å²) in [6.07, 6.45) is 2.48. The molecule has 0 amide bonds. The van der Waals surface area contributed by atoms with Crippen LogP contribution < -0.4 is 10.1 Å². The zero-order valence-corrected chi connectivity index (χ0v) is 15.1. The van der Waals surface area contributed by atoms with Crippen molar-refractivity contribution in [1.29, 1.82) is 0 Å². The molecule has 0 bridgehead atoms. The maximum atomic E-state index is 11.6. The number of nitrogens with zero attached hydrogens (tertiary/aromatic N) is 4. The van der Waals surface area contributed by atoms with E-state index in [1.807, 2.05) is 6.92 Å². The molecule has 0 spiro atoms. The van der Waals surface area contributed by atoms with Crippen molar-refractivity contribution in [2.24, 2.45) is 0 Å². The molecule has 0 saturated carbocycles. The summed E-state index contributed by atoms with van der Waals surface area (Å²) in [5, 5.41) is 17.9. The summed E-state index contributed by atoms with van der Waals surface area (Å²) in [6.45, 7) is 2.23. The number of nitro groups is 1. The second-order valence-electron chi connectivity index (χ2n) is 4.42. The minimum absolute atomic E-state index is 0.0987. The first kappa shape index (κ1) is 19.0. The lowest BCUT2D eigenvalue weighted by Crippen LogP contribution is -2.16. The van der Waals surface area contributed by atoms with Crippen molar-refractivity contribution in [1.82, 2.24) is 14.8 Å². The van der Waals surface area contributed by atoms with E-state index >= 15 is 0 Å². The van der Waals surface area contributed by atoms with Gasteiger partial charge in [0.25, 0.3) is 0 Å². The molecule has 0 radical (unpaired) electrons. The standard InChI is InChI=1S/C14H12Cl3N5O3/c1-2-25-10-6-4-3-5-9(10)20-14(21-8-18-7-19-21)12(22(23)24)11(15)13(16)17/h3-8,20H,2H2,1H3. The third kappa shape index (κ3) is 4.62. The maximum absolute atomic E-state index is 11.6. The quantitative estimate of drug-likeness (QED) is 0.424. The number of hydrogen-bond donors (Lipinski definition) is 1. The predicted octanol–water partition coefficient (Wildman–Crippen LogP) is 4.08. The Hall–Kier alpha value is -2.29. The first-order valence-corrected chi connectivity index (χ1v) is 8.02. The Morgan fingerprint density at radius 1 is 1.36 bits per heavy atom. The van der Waals surface area contributed by atoms with Gasteiger partial charge in [0.15, 0.2) is 5.03 Å². The molecule has 0 fully saturated rings. The summed E-state index contributed by atoms with van der Waals surface area (Å²) in [4.78, 5) is 14.6. The molecule has 0 saturated heterocycles. The summed E-state index contributed by atoms with van der Waals surface area (Å²) in [6, 6.07) is 6.90. The number of rotatable bonds is 7. The van der Waals surface area contributed by atoms with Crippen LogP contribution in [0.2, 0.25) is 0 Å². The Bertz CT molecular complexity index is 817. The normalized spacial score (nSPS) is 11.5. The van der Waals surface area contributed by atoms with E-state index in [0.717, 1.165) is 4.68 Å². The van der Waals surface area contributed by atoms with Crippen LogP contribution in [0.4, 0.5) is 5.69 Å². The molecule has 2 aromatic rings. The van der Waals surface area contributed by atoms with Gasteiger partial charge in [-0.15, -0.1) is 0 Å². The van der Waals surface area contributed by atoms with E-state index in [1.165, 1.54) is 12.7 Å². The molecule has 0 atom stereocenters. The van der Waals surface area contributed by atoms with Gasteiger partial charge in [-0.1, -0.05) is 46.9 Å². The highest BCUT2D eigenvalue weighted by Crippen LogP contribution is 2.32.